The molecule has 2 N–H and O–H groups in total. The molecule has 0 aliphatic heterocycles. The van der Waals surface area contributed by atoms with Gasteiger partial charge in [-0.05, 0) is 44.1 Å². The van der Waals surface area contributed by atoms with Crippen LogP contribution < -0.4 is 10.9 Å². The molecule has 27 heavy (non-hydrogen) atoms. The summed E-state index contributed by atoms with van der Waals surface area (Å²) in [5, 5.41) is 15.2. The fourth-order valence-corrected chi connectivity index (χ4v) is 5.84. The first-order chi connectivity index (χ1) is 13.1. The van der Waals surface area contributed by atoms with Crippen LogP contribution in [0.3, 0.4) is 0 Å². The van der Waals surface area contributed by atoms with Gasteiger partial charge in [0.25, 0.3) is 5.56 Å². The van der Waals surface area contributed by atoms with E-state index in [0.717, 1.165) is 74.5 Å². The molecule has 1 saturated carbocycles. The fourth-order valence-electron chi connectivity index (χ4n) is 4.58. The third-order valence-electron chi connectivity index (χ3n) is 6.29. The third-order valence-corrected chi connectivity index (χ3v) is 7.45. The van der Waals surface area contributed by atoms with Gasteiger partial charge in [-0.1, -0.05) is 32.6 Å². The Bertz CT molecular complexity index is 851. The highest BCUT2D eigenvalue weighted by Crippen LogP contribution is 2.34. The van der Waals surface area contributed by atoms with E-state index in [2.05, 4.69) is 17.2 Å². The Balaban J connectivity index is 1.49. The van der Waals surface area contributed by atoms with Gasteiger partial charge in [0.1, 0.15) is 4.83 Å². The van der Waals surface area contributed by atoms with Crippen LogP contribution in [0, 0.1) is 0 Å². The number of rotatable bonds is 6. The standard InChI is InChI=1S/C21H31N3O2S/c1-2-3-11-24-14-23-19-18(20(24)25)16-8-7-15(12-17(16)27-19)22-13-21(26)9-5-4-6-10-21/h14-15,22,26H,2-13H2,1H3. The van der Waals surface area contributed by atoms with Crippen molar-refractivity contribution in [1.82, 2.24) is 14.9 Å². The zero-order valence-corrected chi connectivity index (χ0v) is 17.1. The van der Waals surface area contributed by atoms with Gasteiger partial charge in [0, 0.05) is 24.0 Å². The smallest absolute Gasteiger partial charge is 0.262 e. The Labute approximate surface area is 164 Å². The largest absolute Gasteiger partial charge is 0.389 e. The Morgan fingerprint density at radius 1 is 1.37 bits per heavy atom. The van der Waals surface area contributed by atoms with Gasteiger partial charge in [-0.2, -0.15) is 0 Å². The summed E-state index contributed by atoms with van der Waals surface area (Å²) in [6, 6.07) is 0.388. The van der Waals surface area contributed by atoms with Crippen LogP contribution in [0.4, 0.5) is 0 Å². The van der Waals surface area contributed by atoms with E-state index in [9.17, 15) is 9.90 Å². The van der Waals surface area contributed by atoms with Gasteiger partial charge in [-0.3, -0.25) is 9.36 Å². The monoisotopic (exact) mass is 389 g/mol. The molecule has 148 valence electrons. The molecule has 2 aliphatic rings. The number of aromatic nitrogens is 2. The maximum Gasteiger partial charge on any atom is 0.262 e. The number of nitrogens with one attached hydrogen (secondary N) is 1. The topological polar surface area (TPSA) is 67.2 Å². The SMILES string of the molecule is CCCCn1cnc2sc3c(c2c1=O)CCC(NCC1(O)CCCCC1)C3. The second kappa shape index (κ2) is 8.02. The average Bonchev–Trinajstić information content (AvgIpc) is 3.05. The van der Waals surface area contributed by atoms with E-state index < -0.39 is 5.60 Å². The molecule has 0 spiro atoms. The van der Waals surface area contributed by atoms with Crippen molar-refractivity contribution in [3.8, 4) is 0 Å². The molecule has 1 unspecified atom stereocenters. The first-order valence-electron chi connectivity index (χ1n) is 10.5. The van der Waals surface area contributed by atoms with Crippen LogP contribution in [0.1, 0.15) is 68.7 Å². The minimum absolute atomic E-state index is 0.133. The molecular weight excluding hydrogens is 358 g/mol. The number of unbranched alkanes of at least 4 members (excludes halogenated alkanes) is 1. The number of aryl methyl sites for hydroxylation is 2. The van der Waals surface area contributed by atoms with Gasteiger partial charge in [-0.15, -0.1) is 11.3 Å². The summed E-state index contributed by atoms with van der Waals surface area (Å²) in [4.78, 5) is 19.7. The maximum absolute atomic E-state index is 12.9. The molecule has 6 heteroatoms. The molecule has 0 amide bonds. The summed E-state index contributed by atoms with van der Waals surface area (Å²) in [5.41, 5.74) is 0.842. The molecule has 0 aromatic carbocycles. The summed E-state index contributed by atoms with van der Waals surface area (Å²) in [6.07, 6.45) is 12.1. The summed E-state index contributed by atoms with van der Waals surface area (Å²) < 4.78 is 1.78. The molecule has 4 rings (SSSR count). The molecule has 5 nitrogen and oxygen atoms in total. The Morgan fingerprint density at radius 2 is 2.19 bits per heavy atom. The molecular formula is C21H31N3O2S. The lowest BCUT2D eigenvalue weighted by molar-refractivity contribution is 0.00234. The van der Waals surface area contributed by atoms with E-state index >= 15 is 0 Å². The summed E-state index contributed by atoms with van der Waals surface area (Å²) >= 11 is 1.68. The third kappa shape index (κ3) is 3.98. The lowest BCUT2D eigenvalue weighted by Gasteiger charge is -2.34. The van der Waals surface area contributed by atoms with Crippen LogP contribution in [-0.2, 0) is 19.4 Å². The van der Waals surface area contributed by atoms with Crippen molar-refractivity contribution in [3.05, 3.63) is 27.1 Å². The van der Waals surface area contributed by atoms with Gasteiger partial charge < -0.3 is 10.4 Å². The van der Waals surface area contributed by atoms with E-state index in [4.69, 9.17) is 0 Å². The Hall–Kier alpha value is -1.24. The molecule has 2 aliphatic carbocycles. The molecule has 0 saturated heterocycles. The fraction of sp³-hybridized carbons (Fsp3) is 0.714. The van der Waals surface area contributed by atoms with Gasteiger partial charge >= 0.3 is 0 Å². The van der Waals surface area contributed by atoms with Crippen molar-refractivity contribution in [2.24, 2.45) is 0 Å². The van der Waals surface area contributed by atoms with Crippen molar-refractivity contribution in [1.29, 1.82) is 0 Å². The van der Waals surface area contributed by atoms with Crippen molar-refractivity contribution in [2.45, 2.75) is 89.3 Å². The van der Waals surface area contributed by atoms with E-state index in [1.807, 2.05) is 0 Å². The van der Waals surface area contributed by atoms with Crippen LogP contribution in [0.5, 0.6) is 0 Å². The summed E-state index contributed by atoms with van der Waals surface area (Å²) in [5.74, 6) is 0. The highest BCUT2D eigenvalue weighted by Gasteiger charge is 2.31. The van der Waals surface area contributed by atoms with Crippen LogP contribution >= 0.6 is 11.3 Å². The molecule has 2 aromatic heterocycles. The molecule has 2 heterocycles. The number of hydrogen-bond donors (Lipinski definition) is 2. The zero-order valence-electron chi connectivity index (χ0n) is 16.3. The first-order valence-corrected chi connectivity index (χ1v) is 11.4. The van der Waals surface area contributed by atoms with Gasteiger partial charge in [0.05, 0.1) is 17.3 Å². The highest BCUT2D eigenvalue weighted by atomic mass is 32.1. The predicted octanol–water partition coefficient (Wildman–Crippen LogP) is 3.40. The number of hydrogen-bond acceptors (Lipinski definition) is 5. The second-order valence-corrected chi connectivity index (χ2v) is 9.47. The normalized spacial score (nSPS) is 22.1. The van der Waals surface area contributed by atoms with Crippen molar-refractivity contribution < 1.29 is 5.11 Å². The predicted molar refractivity (Wildman–Crippen MR) is 111 cm³/mol. The van der Waals surface area contributed by atoms with E-state index in [0.29, 0.717) is 12.6 Å². The minimum Gasteiger partial charge on any atom is -0.389 e. The Morgan fingerprint density at radius 3 is 2.96 bits per heavy atom. The number of thiophene rings is 1. The van der Waals surface area contributed by atoms with Crippen LogP contribution in [0.15, 0.2) is 11.1 Å². The molecule has 0 bridgehead atoms. The summed E-state index contributed by atoms with van der Waals surface area (Å²) in [6.45, 7) is 3.59. The second-order valence-electron chi connectivity index (χ2n) is 8.39. The van der Waals surface area contributed by atoms with Crippen LogP contribution in [0.25, 0.3) is 10.2 Å². The first kappa shape index (κ1) is 19.1. The Kier molecular flexibility index (Phi) is 5.67. The lowest BCUT2D eigenvalue weighted by atomic mass is 9.84. The van der Waals surface area contributed by atoms with Crippen molar-refractivity contribution in [2.75, 3.05) is 6.54 Å². The van der Waals surface area contributed by atoms with E-state index in [-0.39, 0.29) is 5.56 Å². The van der Waals surface area contributed by atoms with Gasteiger partial charge in [-0.25, -0.2) is 4.98 Å². The molecule has 0 radical (unpaired) electrons. The molecule has 1 atom stereocenters. The highest BCUT2D eigenvalue weighted by molar-refractivity contribution is 7.18. The van der Waals surface area contributed by atoms with Crippen LogP contribution in [0.2, 0.25) is 0 Å². The number of aliphatic hydroxyl groups is 1. The van der Waals surface area contributed by atoms with Gasteiger partial charge in [0.2, 0.25) is 0 Å². The molecule has 1 fully saturated rings. The lowest BCUT2D eigenvalue weighted by Crippen LogP contribution is -2.47. The van der Waals surface area contributed by atoms with Crippen LogP contribution in [-0.4, -0.2) is 32.8 Å². The zero-order chi connectivity index (χ0) is 18.9. The minimum atomic E-state index is -0.521. The maximum atomic E-state index is 12.9. The van der Waals surface area contributed by atoms with Gasteiger partial charge in [0.15, 0.2) is 0 Å². The van der Waals surface area contributed by atoms with Crippen molar-refractivity contribution in [3.63, 3.8) is 0 Å². The number of nitrogens with zero attached hydrogens (tertiary/aromatic N) is 2. The summed E-state index contributed by atoms with van der Waals surface area (Å²) in [7, 11) is 0. The quantitative estimate of drug-likeness (QED) is 0.795. The van der Waals surface area contributed by atoms with E-state index in [1.54, 1.807) is 22.2 Å². The molecule has 2 aromatic rings. The number of fused-ring (bicyclic) bond motifs is 3. The van der Waals surface area contributed by atoms with Crippen molar-refractivity contribution >= 4 is 21.6 Å². The van der Waals surface area contributed by atoms with E-state index in [1.165, 1.54) is 16.9 Å². The average molecular weight is 390 g/mol.